The van der Waals surface area contributed by atoms with Gasteiger partial charge in [0.1, 0.15) is 12.2 Å². The Morgan fingerprint density at radius 1 is 0.721 bits per heavy atom. The van der Waals surface area contributed by atoms with Gasteiger partial charge in [-0.1, -0.05) is 68.2 Å². The first-order valence-electron chi connectivity index (χ1n) is 14.6. The Morgan fingerprint density at radius 3 is 1.65 bits per heavy atom. The fourth-order valence-electron chi connectivity index (χ4n) is 3.86. The van der Waals surface area contributed by atoms with Crippen LogP contribution in [0.25, 0.3) is 0 Å². The summed E-state index contributed by atoms with van der Waals surface area (Å²) in [6, 6.07) is 18.3. The summed E-state index contributed by atoms with van der Waals surface area (Å²) < 4.78 is 14.7. The highest BCUT2D eigenvalue weighted by Gasteiger charge is 2.18. The van der Waals surface area contributed by atoms with E-state index in [-0.39, 0.29) is 17.8 Å². The van der Waals surface area contributed by atoms with Gasteiger partial charge in [0, 0.05) is 24.2 Å². The number of aliphatic hydroxyl groups is 1. The number of hydrogen-bond acceptors (Lipinski definition) is 8. The van der Waals surface area contributed by atoms with Crippen LogP contribution in [0.15, 0.2) is 73.3 Å². The second kappa shape index (κ2) is 23.5. The minimum absolute atomic E-state index is 0.161. The number of carbonyl (C=O) groups is 4. The molecular weight excluding hydrogens is 552 g/mol. The average Bonchev–Trinajstić information content (AvgIpc) is 3.02. The first-order valence-corrected chi connectivity index (χ1v) is 14.6. The van der Waals surface area contributed by atoms with Gasteiger partial charge in [-0.3, -0.25) is 19.2 Å². The van der Waals surface area contributed by atoms with E-state index in [2.05, 4.69) is 26.7 Å². The summed E-state index contributed by atoms with van der Waals surface area (Å²) in [4.78, 5) is 45.9. The number of unbranched alkanes of at least 4 members (excludes halogenated alkanes) is 4. The van der Waals surface area contributed by atoms with Crippen LogP contribution < -0.4 is 10.6 Å². The van der Waals surface area contributed by atoms with Gasteiger partial charge in [0.15, 0.2) is 0 Å². The molecule has 2 atom stereocenters. The van der Waals surface area contributed by atoms with Crippen LogP contribution >= 0.6 is 0 Å². The van der Waals surface area contributed by atoms with Gasteiger partial charge in [-0.05, 0) is 49.9 Å². The quantitative estimate of drug-likeness (QED) is 0.111. The molecule has 10 nitrogen and oxygen atoms in total. The molecule has 0 radical (unpaired) electrons. The molecular formula is C33H46N2O8. The van der Waals surface area contributed by atoms with Crippen LogP contribution in [-0.4, -0.2) is 61.9 Å². The van der Waals surface area contributed by atoms with Crippen LogP contribution in [0.2, 0.25) is 0 Å². The summed E-state index contributed by atoms with van der Waals surface area (Å²) in [5.41, 5.74) is 1.41. The Labute approximate surface area is 254 Å². The predicted octanol–water partition coefficient (Wildman–Crippen LogP) is 5.43. The molecule has 0 heterocycles. The SMILES string of the molecule is C=CCOC(CCCCCC(=O)OC)C(=O)Nc1ccccc1.COC(=O)CCCCCC(O)C(=O)Nc1ccccc1. The van der Waals surface area contributed by atoms with E-state index in [9.17, 15) is 24.3 Å². The summed E-state index contributed by atoms with van der Waals surface area (Å²) in [6.45, 7) is 3.93. The summed E-state index contributed by atoms with van der Waals surface area (Å²) in [5, 5.41) is 15.2. The number of rotatable bonds is 19. The molecule has 2 amide bonds. The van der Waals surface area contributed by atoms with E-state index in [0.717, 1.165) is 31.4 Å². The second-order valence-corrected chi connectivity index (χ2v) is 9.69. The van der Waals surface area contributed by atoms with E-state index in [4.69, 9.17) is 4.74 Å². The number of aliphatic hydroxyl groups excluding tert-OH is 1. The fraction of sp³-hybridized carbons (Fsp3) is 0.455. The maximum atomic E-state index is 12.3. The number of para-hydroxylation sites is 2. The molecule has 2 unspecified atom stereocenters. The van der Waals surface area contributed by atoms with Crippen LogP contribution in [0.4, 0.5) is 11.4 Å². The Kier molecular flexibility index (Phi) is 20.3. The molecule has 0 aliphatic heterocycles. The number of carbonyl (C=O) groups excluding carboxylic acids is 4. The molecule has 0 aliphatic carbocycles. The smallest absolute Gasteiger partial charge is 0.305 e. The lowest BCUT2D eigenvalue weighted by Crippen LogP contribution is -2.30. The van der Waals surface area contributed by atoms with Crippen molar-refractivity contribution in [2.75, 3.05) is 31.5 Å². The van der Waals surface area contributed by atoms with Gasteiger partial charge in [-0.15, -0.1) is 6.58 Å². The lowest BCUT2D eigenvalue weighted by molar-refractivity contribution is -0.141. The number of esters is 2. The molecule has 0 aromatic heterocycles. The second-order valence-electron chi connectivity index (χ2n) is 9.69. The first-order chi connectivity index (χ1) is 20.8. The Hall–Kier alpha value is -4.02. The van der Waals surface area contributed by atoms with E-state index >= 15 is 0 Å². The average molecular weight is 599 g/mol. The zero-order chi connectivity index (χ0) is 31.7. The molecule has 43 heavy (non-hydrogen) atoms. The van der Waals surface area contributed by atoms with Crippen molar-refractivity contribution in [3.8, 4) is 0 Å². The molecule has 2 aromatic carbocycles. The molecule has 10 heteroatoms. The summed E-state index contributed by atoms with van der Waals surface area (Å²) in [6.07, 6.45) is 6.45. The molecule has 236 valence electrons. The van der Waals surface area contributed by atoms with Gasteiger partial charge in [0.25, 0.3) is 11.8 Å². The summed E-state index contributed by atoms with van der Waals surface area (Å²) in [5.74, 6) is -0.992. The zero-order valence-corrected chi connectivity index (χ0v) is 25.3. The van der Waals surface area contributed by atoms with Crippen LogP contribution in [-0.2, 0) is 33.4 Å². The highest BCUT2D eigenvalue weighted by atomic mass is 16.5. The van der Waals surface area contributed by atoms with Crippen molar-refractivity contribution in [2.45, 2.75) is 76.4 Å². The lowest BCUT2D eigenvalue weighted by atomic mass is 10.1. The Morgan fingerprint density at radius 2 is 1.19 bits per heavy atom. The largest absolute Gasteiger partial charge is 0.469 e. The van der Waals surface area contributed by atoms with Crippen molar-refractivity contribution in [3.05, 3.63) is 73.3 Å². The van der Waals surface area contributed by atoms with E-state index in [1.165, 1.54) is 14.2 Å². The van der Waals surface area contributed by atoms with Crippen molar-refractivity contribution in [1.82, 2.24) is 0 Å². The van der Waals surface area contributed by atoms with E-state index in [1.807, 2.05) is 48.5 Å². The van der Waals surface area contributed by atoms with Gasteiger partial charge in [0.2, 0.25) is 0 Å². The molecule has 0 saturated heterocycles. The topological polar surface area (TPSA) is 140 Å². The molecule has 2 aromatic rings. The third-order valence-electron chi connectivity index (χ3n) is 6.25. The Balaban J connectivity index is 0.000000434. The third kappa shape index (κ3) is 18.2. The van der Waals surface area contributed by atoms with Crippen LogP contribution in [0.1, 0.15) is 64.2 Å². The van der Waals surface area contributed by atoms with Gasteiger partial charge < -0.3 is 30.0 Å². The number of methoxy groups -OCH3 is 2. The Bertz CT molecular complexity index is 1080. The maximum Gasteiger partial charge on any atom is 0.305 e. The van der Waals surface area contributed by atoms with Crippen molar-refractivity contribution < 1.29 is 38.5 Å². The number of amides is 2. The molecule has 3 N–H and O–H groups in total. The van der Waals surface area contributed by atoms with E-state index in [0.29, 0.717) is 50.8 Å². The lowest BCUT2D eigenvalue weighted by Gasteiger charge is -2.17. The van der Waals surface area contributed by atoms with Crippen molar-refractivity contribution in [2.24, 2.45) is 0 Å². The van der Waals surface area contributed by atoms with Crippen molar-refractivity contribution in [1.29, 1.82) is 0 Å². The van der Waals surface area contributed by atoms with Gasteiger partial charge in [-0.2, -0.15) is 0 Å². The number of ether oxygens (including phenoxy) is 3. The molecule has 0 fully saturated rings. The minimum atomic E-state index is -1.02. The first kappa shape index (κ1) is 37.0. The van der Waals surface area contributed by atoms with Crippen LogP contribution in [0.3, 0.4) is 0 Å². The number of nitrogens with one attached hydrogen (secondary N) is 2. The fourth-order valence-corrected chi connectivity index (χ4v) is 3.86. The van der Waals surface area contributed by atoms with E-state index < -0.39 is 18.1 Å². The van der Waals surface area contributed by atoms with Gasteiger partial charge in [0.05, 0.1) is 20.8 Å². The zero-order valence-electron chi connectivity index (χ0n) is 25.3. The number of anilines is 2. The summed E-state index contributed by atoms with van der Waals surface area (Å²) >= 11 is 0. The molecule has 0 aliphatic rings. The monoisotopic (exact) mass is 598 g/mol. The molecule has 0 bridgehead atoms. The van der Waals surface area contributed by atoms with Gasteiger partial charge >= 0.3 is 11.9 Å². The van der Waals surface area contributed by atoms with Crippen LogP contribution in [0, 0.1) is 0 Å². The third-order valence-corrected chi connectivity index (χ3v) is 6.25. The predicted molar refractivity (Wildman–Crippen MR) is 166 cm³/mol. The maximum absolute atomic E-state index is 12.3. The van der Waals surface area contributed by atoms with E-state index in [1.54, 1.807) is 18.2 Å². The number of hydrogen-bond donors (Lipinski definition) is 3. The minimum Gasteiger partial charge on any atom is -0.469 e. The van der Waals surface area contributed by atoms with Crippen molar-refractivity contribution in [3.63, 3.8) is 0 Å². The molecule has 2 rings (SSSR count). The molecule has 0 spiro atoms. The standard InChI is InChI=1S/C18H25NO4.C15H21NO4/c1-3-14-23-16(12-8-5-9-13-17(20)22-2)18(21)19-15-10-6-4-7-11-15;1-20-14(18)11-7-3-6-10-13(17)15(19)16-12-8-4-2-5-9-12/h3-4,6-7,10-11,16H,1,5,8-9,12-14H2,2H3,(H,19,21);2,4-5,8-9,13,17H,3,6-7,10-11H2,1H3,(H,16,19). The highest BCUT2D eigenvalue weighted by Crippen LogP contribution is 2.13. The molecule has 0 saturated carbocycles. The number of benzene rings is 2. The highest BCUT2D eigenvalue weighted by molar-refractivity contribution is 5.94. The summed E-state index contributed by atoms with van der Waals surface area (Å²) in [7, 11) is 2.75. The van der Waals surface area contributed by atoms with Crippen molar-refractivity contribution >= 4 is 35.1 Å². The normalized spacial score (nSPS) is 11.6. The van der Waals surface area contributed by atoms with Crippen LogP contribution in [0.5, 0.6) is 0 Å². The van der Waals surface area contributed by atoms with Gasteiger partial charge in [-0.25, -0.2) is 0 Å².